The van der Waals surface area contributed by atoms with Crippen LogP contribution in [0.15, 0.2) is 42.1 Å². The van der Waals surface area contributed by atoms with E-state index in [-0.39, 0.29) is 5.91 Å². The predicted molar refractivity (Wildman–Crippen MR) is 112 cm³/mol. The third-order valence-corrected chi connectivity index (χ3v) is 4.79. The Morgan fingerprint density at radius 2 is 2.00 bits per heavy atom. The maximum absolute atomic E-state index is 12.9. The first-order valence-electron chi connectivity index (χ1n) is 8.36. The minimum Gasteiger partial charge on any atom is -0.493 e. The highest BCUT2D eigenvalue weighted by Crippen LogP contribution is 2.36. The summed E-state index contributed by atoms with van der Waals surface area (Å²) in [6.45, 7) is 2.06. The number of ether oxygens (including phenoxy) is 2. The van der Waals surface area contributed by atoms with Crippen LogP contribution < -0.4 is 19.7 Å². The van der Waals surface area contributed by atoms with Crippen LogP contribution in [0.25, 0.3) is 6.08 Å². The van der Waals surface area contributed by atoms with Crippen molar-refractivity contribution in [2.24, 2.45) is 0 Å². The number of rotatable bonds is 5. The van der Waals surface area contributed by atoms with Crippen molar-refractivity contribution in [1.29, 1.82) is 0 Å². The topological polar surface area (TPSA) is 50.8 Å². The molecule has 2 aromatic rings. The molecule has 27 heavy (non-hydrogen) atoms. The summed E-state index contributed by atoms with van der Waals surface area (Å²) in [5, 5.41) is 3.71. The van der Waals surface area contributed by atoms with E-state index in [1.165, 1.54) is 19.1 Å². The van der Waals surface area contributed by atoms with Crippen molar-refractivity contribution in [1.82, 2.24) is 5.32 Å². The van der Waals surface area contributed by atoms with Crippen LogP contribution in [0.2, 0.25) is 5.02 Å². The molecule has 0 aromatic heterocycles. The van der Waals surface area contributed by atoms with E-state index in [9.17, 15) is 4.79 Å². The van der Waals surface area contributed by atoms with E-state index < -0.39 is 0 Å². The fraction of sp³-hybridized carbons (Fsp3) is 0.200. The van der Waals surface area contributed by atoms with E-state index in [0.717, 1.165) is 17.7 Å². The summed E-state index contributed by atoms with van der Waals surface area (Å²) in [7, 11) is 3.05. The molecule has 1 aliphatic rings. The van der Waals surface area contributed by atoms with Crippen LogP contribution in [0.4, 0.5) is 5.69 Å². The van der Waals surface area contributed by atoms with Gasteiger partial charge in [-0.3, -0.25) is 9.69 Å². The number of carbonyl (C=O) groups excluding carboxylic acids is 1. The van der Waals surface area contributed by atoms with Gasteiger partial charge in [0, 0.05) is 0 Å². The average Bonchev–Trinajstić information content (AvgIpc) is 2.94. The number of hydrogen-bond donors (Lipinski definition) is 1. The Balaban J connectivity index is 1.96. The third-order valence-electron chi connectivity index (χ3n) is 4.22. The summed E-state index contributed by atoms with van der Waals surface area (Å²) in [5.74, 6) is 0.706. The summed E-state index contributed by atoms with van der Waals surface area (Å²) >= 11 is 11.6. The average molecular weight is 403 g/mol. The number of anilines is 1. The molecular weight excluding hydrogens is 384 g/mol. The van der Waals surface area contributed by atoms with Crippen LogP contribution in [0.5, 0.6) is 11.5 Å². The monoisotopic (exact) mass is 402 g/mol. The molecule has 3 rings (SSSR count). The summed E-state index contributed by atoms with van der Waals surface area (Å²) in [6, 6.07) is 11.2. The molecule has 7 heteroatoms. The van der Waals surface area contributed by atoms with E-state index in [1.807, 2.05) is 24.3 Å². The van der Waals surface area contributed by atoms with Crippen LogP contribution in [0.3, 0.4) is 0 Å². The molecule has 2 aromatic carbocycles. The minimum absolute atomic E-state index is 0.223. The minimum atomic E-state index is -0.223. The molecule has 1 saturated heterocycles. The van der Waals surface area contributed by atoms with E-state index in [4.69, 9.17) is 33.3 Å². The van der Waals surface area contributed by atoms with Gasteiger partial charge in [-0.25, -0.2) is 0 Å². The van der Waals surface area contributed by atoms with Gasteiger partial charge in [-0.05, 0) is 60.1 Å². The first kappa shape index (κ1) is 19.2. The molecule has 1 amide bonds. The number of hydrogen-bond acceptors (Lipinski definition) is 4. The van der Waals surface area contributed by atoms with Gasteiger partial charge in [0.15, 0.2) is 16.6 Å². The number of aryl methyl sites for hydroxylation is 1. The van der Waals surface area contributed by atoms with Crippen molar-refractivity contribution in [3.63, 3.8) is 0 Å². The lowest BCUT2D eigenvalue weighted by atomic mass is 10.1. The zero-order valence-corrected chi connectivity index (χ0v) is 16.8. The Labute approximate surface area is 168 Å². The Morgan fingerprint density at radius 3 is 2.67 bits per heavy atom. The second-order valence-corrected chi connectivity index (χ2v) is 6.68. The second-order valence-electron chi connectivity index (χ2n) is 5.89. The van der Waals surface area contributed by atoms with Gasteiger partial charge in [-0.1, -0.05) is 30.7 Å². The first-order valence-corrected chi connectivity index (χ1v) is 9.14. The molecule has 0 spiro atoms. The lowest BCUT2D eigenvalue weighted by Gasteiger charge is -2.14. The second kappa shape index (κ2) is 7.98. The van der Waals surface area contributed by atoms with Gasteiger partial charge in [0.25, 0.3) is 5.91 Å². The fourth-order valence-corrected chi connectivity index (χ4v) is 3.47. The standard InChI is InChI=1S/C20H19ClN2O3S/c1-4-12-6-5-7-14(8-12)23-19(24)16(22-20(23)27)10-13-9-15(21)18(26-3)17(11-13)25-2/h5-11H,4H2,1-3H3,(H,22,27)/b16-10+. The Bertz CT molecular complexity index is 943. The van der Waals surface area contributed by atoms with Crippen LogP contribution in [-0.2, 0) is 11.2 Å². The lowest BCUT2D eigenvalue weighted by molar-refractivity contribution is -0.113. The quantitative estimate of drug-likeness (QED) is 0.600. The molecule has 0 unspecified atom stereocenters. The Hall–Kier alpha value is -2.57. The molecule has 5 nitrogen and oxygen atoms in total. The number of benzene rings is 2. The Kier molecular flexibility index (Phi) is 5.68. The number of nitrogens with zero attached hydrogens (tertiary/aromatic N) is 1. The molecule has 0 radical (unpaired) electrons. The zero-order valence-electron chi connectivity index (χ0n) is 15.2. The van der Waals surface area contributed by atoms with E-state index in [1.54, 1.807) is 18.2 Å². The largest absolute Gasteiger partial charge is 0.493 e. The predicted octanol–water partition coefficient (Wildman–Crippen LogP) is 4.18. The van der Waals surface area contributed by atoms with Crippen molar-refractivity contribution < 1.29 is 14.3 Å². The van der Waals surface area contributed by atoms with Gasteiger partial charge < -0.3 is 14.8 Å². The number of methoxy groups -OCH3 is 2. The van der Waals surface area contributed by atoms with Crippen molar-refractivity contribution in [2.45, 2.75) is 13.3 Å². The lowest BCUT2D eigenvalue weighted by Crippen LogP contribution is -2.30. The van der Waals surface area contributed by atoms with Crippen molar-refractivity contribution in [3.05, 3.63) is 58.2 Å². The van der Waals surface area contributed by atoms with E-state index >= 15 is 0 Å². The summed E-state index contributed by atoms with van der Waals surface area (Å²) in [5.41, 5.74) is 2.93. The third kappa shape index (κ3) is 3.77. The molecule has 0 saturated carbocycles. The van der Waals surface area contributed by atoms with Gasteiger partial charge in [0.1, 0.15) is 5.70 Å². The SMILES string of the molecule is CCc1cccc(N2C(=O)/C(=C\c3cc(Cl)c(OC)c(OC)c3)NC2=S)c1. The molecule has 0 bridgehead atoms. The number of amides is 1. The van der Waals surface area contributed by atoms with Crippen molar-refractivity contribution >= 4 is 46.6 Å². The molecule has 1 aliphatic heterocycles. The van der Waals surface area contributed by atoms with Crippen LogP contribution in [-0.4, -0.2) is 25.2 Å². The highest BCUT2D eigenvalue weighted by atomic mass is 35.5. The van der Waals surface area contributed by atoms with Gasteiger partial charge >= 0.3 is 0 Å². The highest BCUT2D eigenvalue weighted by Gasteiger charge is 2.32. The summed E-state index contributed by atoms with van der Waals surface area (Å²) in [6.07, 6.45) is 2.56. The summed E-state index contributed by atoms with van der Waals surface area (Å²) in [4.78, 5) is 14.4. The fourth-order valence-electron chi connectivity index (χ4n) is 2.87. The Morgan fingerprint density at radius 1 is 1.22 bits per heavy atom. The van der Waals surface area contributed by atoms with Crippen LogP contribution in [0, 0.1) is 0 Å². The number of halogens is 1. The van der Waals surface area contributed by atoms with Crippen molar-refractivity contribution in [3.8, 4) is 11.5 Å². The van der Waals surface area contributed by atoms with E-state index in [2.05, 4.69) is 12.2 Å². The van der Waals surface area contributed by atoms with Gasteiger partial charge in [-0.15, -0.1) is 0 Å². The van der Waals surface area contributed by atoms with E-state index in [0.29, 0.717) is 32.9 Å². The van der Waals surface area contributed by atoms with Gasteiger partial charge in [0.05, 0.1) is 24.9 Å². The highest BCUT2D eigenvalue weighted by molar-refractivity contribution is 7.80. The molecule has 0 aliphatic carbocycles. The molecule has 1 heterocycles. The molecule has 1 N–H and O–H groups in total. The van der Waals surface area contributed by atoms with Crippen LogP contribution in [0.1, 0.15) is 18.1 Å². The zero-order chi connectivity index (χ0) is 19.6. The smallest absolute Gasteiger partial charge is 0.281 e. The van der Waals surface area contributed by atoms with Gasteiger partial charge in [0.2, 0.25) is 0 Å². The normalized spacial score (nSPS) is 15.3. The van der Waals surface area contributed by atoms with Crippen molar-refractivity contribution in [2.75, 3.05) is 19.1 Å². The molecule has 140 valence electrons. The maximum Gasteiger partial charge on any atom is 0.281 e. The number of carbonyl (C=O) groups is 1. The molecule has 1 fully saturated rings. The summed E-state index contributed by atoms with van der Waals surface area (Å²) < 4.78 is 10.5. The molecular formula is C20H19ClN2O3S. The van der Waals surface area contributed by atoms with Crippen LogP contribution >= 0.6 is 23.8 Å². The van der Waals surface area contributed by atoms with Gasteiger partial charge in [-0.2, -0.15) is 0 Å². The number of nitrogens with one attached hydrogen (secondary N) is 1. The maximum atomic E-state index is 12.9. The first-order chi connectivity index (χ1) is 13.0. The number of thiocarbonyl (C=S) groups is 1. The molecule has 0 atom stereocenters.